The molecule has 92 valence electrons. The van der Waals surface area contributed by atoms with Gasteiger partial charge in [-0.15, -0.1) is 0 Å². The van der Waals surface area contributed by atoms with Crippen molar-refractivity contribution >= 4 is 21.7 Å². The van der Waals surface area contributed by atoms with Crippen LogP contribution in [-0.2, 0) is 0 Å². The fraction of sp³-hybridized carbons (Fsp3) is 0.133. The first kappa shape index (κ1) is 12.8. The van der Waals surface area contributed by atoms with Crippen LogP contribution in [0.2, 0.25) is 0 Å². The molecule has 0 N–H and O–H groups in total. The molecule has 2 nitrogen and oxygen atoms in total. The maximum atomic E-state index is 11.5. The quantitative estimate of drug-likeness (QED) is 0.765. The number of carbonyl (C=O) groups is 1. The monoisotopic (exact) mass is 304 g/mol. The lowest BCUT2D eigenvalue weighted by Gasteiger charge is -2.11. The highest BCUT2D eigenvalue weighted by Gasteiger charge is 2.09. The van der Waals surface area contributed by atoms with Crippen LogP contribution < -0.4 is 4.74 Å². The lowest BCUT2D eigenvalue weighted by Crippen LogP contribution is -1.97. The lowest BCUT2D eigenvalue weighted by molar-refractivity contribution is 0.101. The molecule has 0 aliphatic carbocycles. The molecule has 0 saturated heterocycles. The summed E-state index contributed by atoms with van der Waals surface area (Å²) in [4.78, 5) is 11.5. The van der Waals surface area contributed by atoms with E-state index in [2.05, 4.69) is 15.9 Å². The van der Waals surface area contributed by atoms with E-state index in [4.69, 9.17) is 4.74 Å². The van der Waals surface area contributed by atoms with Crippen molar-refractivity contribution in [2.45, 2.75) is 13.8 Å². The van der Waals surface area contributed by atoms with E-state index in [-0.39, 0.29) is 5.78 Å². The van der Waals surface area contributed by atoms with Crippen molar-refractivity contribution < 1.29 is 9.53 Å². The Kier molecular flexibility index (Phi) is 3.82. The van der Waals surface area contributed by atoms with Gasteiger partial charge >= 0.3 is 0 Å². The summed E-state index contributed by atoms with van der Waals surface area (Å²) in [5, 5.41) is 0. The number of hydrogen-bond acceptors (Lipinski definition) is 2. The fourth-order valence-electron chi connectivity index (χ4n) is 1.69. The summed E-state index contributed by atoms with van der Waals surface area (Å²) in [6, 6.07) is 13.0. The first-order valence-corrected chi connectivity index (χ1v) is 6.41. The van der Waals surface area contributed by atoms with Crippen LogP contribution in [0.25, 0.3) is 0 Å². The zero-order valence-electron chi connectivity index (χ0n) is 10.2. The largest absolute Gasteiger partial charge is 0.456 e. The van der Waals surface area contributed by atoms with Gasteiger partial charge in [-0.1, -0.05) is 28.1 Å². The molecule has 0 saturated carbocycles. The Balaban J connectivity index is 2.37. The number of rotatable bonds is 3. The maximum absolute atomic E-state index is 11.5. The minimum absolute atomic E-state index is 0.000338. The molecule has 18 heavy (non-hydrogen) atoms. The normalized spacial score (nSPS) is 10.2. The van der Waals surface area contributed by atoms with Gasteiger partial charge in [0.1, 0.15) is 11.5 Å². The van der Waals surface area contributed by atoms with Crippen LogP contribution in [0.3, 0.4) is 0 Å². The number of halogens is 1. The summed E-state index contributed by atoms with van der Waals surface area (Å²) in [5.41, 5.74) is 1.61. The second kappa shape index (κ2) is 5.36. The molecule has 0 amide bonds. The van der Waals surface area contributed by atoms with Crippen molar-refractivity contribution in [3.63, 3.8) is 0 Å². The topological polar surface area (TPSA) is 26.3 Å². The number of ether oxygens (including phenoxy) is 1. The zero-order valence-corrected chi connectivity index (χ0v) is 11.8. The molecule has 0 fully saturated rings. The summed E-state index contributed by atoms with van der Waals surface area (Å²) in [6.07, 6.45) is 0. The molecule has 0 unspecified atom stereocenters. The first-order chi connectivity index (χ1) is 8.58. The first-order valence-electron chi connectivity index (χ1n) is 5.62. The Hall–Kier alpha value is -1.61. The molecule has 0 heterocycles. The second-order valence-corrected chi connectivity index (χ2v) is 4.98. The number of benzene rings is 2. The van der Waals surface area contributed by atoms with E-state index in [9.17, 15) is 4.79 Å². The summed E-state index contributed by atoms with van der Waals surface area (Å²) < 4.78 is 6.82. The van der Waals surface area contributed by atoms with Crippen LogP contribution in [0, 0.1) is 6.92 Å². The molecule has 0 aromatic heterocycles. The summed E-state index contributed by atoms with van der Waals surface area (Å²) >= 11 is 3.41. The number of aryl methyl sites for hydroxylation is 1. The van der Waals surface area contributed by atoms with Gasteiger partial charge in [-0.05, 0) is 49.7 Å². The Morgan fingerprint density at radius 3 is 2.50 bits per heavy atom. The smallest absolute Gasteiger partial charge is 0.163 e. The molecular weight excluding hydrogens is 292 g/mol. The highest BCUT2D eigenvalue weighted by molar-refractivity contribution is 9.10. The Bertz CT molecular complexity index is 591. The zero-order chi connectivity index (χ0) is 13.1. The SMILES string of the molecule is CC(=O)c1ccccc1Oc1ccc(Br)cc1C. The van der Waals surface area contributed by atoms with E-state index in [1.165, 1.54) is 6.92 Å². The fourth-order valence-corrected chi connectivity index (χ4v) is 2.17. The van der Waals surface area contributed by atoms with E-state index in [0.717, 1.165) is 15.8 Å². The van der Waals surface area contributed by atoms with Gasteiger partial charge in [-0.2, -0.15) is 0 Å². The third-order valence-electron chi connectivity index (χ3n) is 2.62. The average molecular weight is 305 g/mol. The lowest BCUT2D eigenvalue weighted by atomic mass is 10.1. The van der Waals surface area contributed by atoms with Gasteiger partial charge in [0.25, 0.3) is 0 Å². The van der Waals surface area contributed by atoms with Gasteiger partial charge in [-0.3, -0.25) is 4.79 Å². The van der Waals surface area contributed by atoms with Gasteiger partial charge in [0.15, 0.2) is 5.78 Å². The maximum Gasteiger partial charge on any atom is 0.163 e. The van der Waals surface area contributed by atoms with Gasteiger partial charge in [0, 0.05) is 4.47 Å². The van der Waals surface area contributed by atoms with Crippen LogP contribution >= 0.6 is 15.9 Å². The molecule has 2 rings (SSSR count). The Morgan fingerprint density at radius 2 is 1.83 bits per heavy atom. The predicted molar refractivity (Wildman–Crippen MR) is 75.4 cm³/mol. The van der Waals surface area contributed by atoms with Crippen molar-refractivity contribution in [3.05, 3.63) is 58.1 Å². The van der Waals surface area contributed by atoms with Crippen LogP contribution in [-0.4, -0.2) is 5.78 Å². The van der Waals surface area contributed by atoms with Crippen LogP contribution in [0.5, 0.6) is 11.5 Å². The average Bonchev–Trinajstić information content (AvgIpc) is 2.33. The Morgan fingerprint density at radius 1 is 1.11 bits per heavy atom. The van der Waals surface area contributed by atoms with Crippen LogP contribution in [0.1, 0.15) is 22.8 Å². The molecule has 0 spiro atoms. The second-order valence-electron chi connectivity index (χ2n) is 4.06. The minimum Gasteiger partial charge on any atom is -0.456 e. The third kappa shape index (κ3) is 2.79. The van der Waals surface area contributed by atoms with Crippen molar-refractivity contribution in [1.29, 1.82) is 0 Å². The molecule has 0 aliphatic rings. The van der Waals surface area contributed by atoms with E-state index >= 15 is 0 Å². The van der Waals surface area contributed by atoms with Gasteiger partial charge in [0.2, 0.25) is 0 Å². The molecule has 2 aromatic carbocycles. The summed E-state index contributed by atoms with van der Waals surface area (Å²) in [6.45, 7) is 3.51. The van der Waals surface area contributed by atoms with Crippen molar-refractivity contribution in [2.75, 3.05) is 0 Å². The van der Waals surface area contributed by atoms with E-state index in [1.54, 1.807) is 12.1 Å². The van der Waals surface area contributed by atoms with E-state index < -0.39 is 0 Å². The predicted octanol–water partition coefficient (Wildman–Crippen LogP) is 4.75. The molecule has 3 heteroatoms. The van der Waals surface area contributed by atoms with Crippen molar-refractivity contribution in [1.82, 2.24) is 0 Å². The molecular formula is C15H13BrO2. The van der Waals surface area contributed by atoms with E-state index in [0.29, 0.717) is 11.3 Å². The summed E-state index contributed by atoms with van der Waals surface area (Å²) in [5.74, 6) is 1.35. The molecule has 0 radical (unpaired) electrons. The van der Waals surface area contributed by atoms with E-state index in [1.807, 2.05) is 37.3 Å². The van der Waals surface area contributed by atoms with Crippen LogP contribution in [0.4, 0.5) is 0 Å². The van der Waals surface area contributed by atoms with Gasteiger partial charge in [0.05, 0.1) is 5.56 Å². The number of ketones is 1. The highest BCUT2D eigenvalue weighted by Crippen LogP contribution is 2.29. The minimum atomic E-state index is 0.000338. The Labute approximate surface area is 115 Å². The molecule has 0 bridgehead atoms. The standard InChI is InChI=1S/C15H13BrO2/c1-10-9-12(16)7-8-14(10)18-15-6-4-3-5-13(15)11(2)17/h3-9H,1-2H3. The van der Waals surface area contributed by atoms with Gasteiger partial charge in [-0.25, -0.2) is 0 Å². The van der Waals surface area contributed by atoms with Gasteiger partial charge < -0.3 is 4.74 Å². The van der Waals surface area contributed by atoms with Crippen LogP contribution in [0.15, 0.2) is 46.9 Å². The summed E-state index contributed by atoms with van der Waals surface area (Å²) in [7, 11) is 0. The molecule has 2 aromatic rings. The molecule has 0 aliphatic heterocycles. The number of Topliss-reactive ketones (excluding diaryl/α,β-unsaturated/α-hetero) is 1. The number of carbonyl (C=O) groups excluding carboxylic acids is 1. The number of hydrogen-bond donors (Lipinski definition) is 0. The number of para-hydroxylation sites is 1. The van der Waals surface area contributed by atoms with Crippen molar-refractivity contribution in [2.24, 2.45) is 0 Å². The highest BCUT2D eigenvalue weighted by atomic mass is 79.9. The third-order valence-corrected chi connectivity index (χ3v) is 3.12. The van der Waals surface area contributed by atoms with Crippen molar-refractivity contribution in [3.8, 4) is 11.5 Å². The molecule has 0 atom stereocenters.